The predicted octanol–water partition coefficient (Wildman–Crippen LogP) is 2.20. The van der Waals surface area contributed by atoms with Crippen molar-refractivity contribution in [3.63, 3.8) is 0 Å². The fourth-order valence-electron chi connectivity index (χ4n) is 4.01. The number of carbonyl (C=O) groups excluding carboxylic acids is 4. The molecule has 3 rings (SSSR count). The van der Waals surface area contributed by atoms with E-state index >= 15 is 0 Å². The lowest BCUT2D eigenvalue weighted by Crippen LogP contribution is -2.66. The molecule has 0 radical (unpaired) electrons. The number of hydrogen-bond acceptors (Lipinski definition) is 9. The molecule has 1 saturated carbocycles. The number of ether oxygens (including phenoxy) is 4. The summed E-state index contributed by atoms with van der Waals surface area (Å²) in [7, 11) is 0. The first-order valence-corrected chi connectivity index (χ1v) is 11.7. The summed E-state index contributed by atoms with van der Waals surface area (Å²) in [5, 5.41) is 16.1. The fraction of sp³-hybridized carbons (Fsp3) is 0.385. The second kappa shape index (κ2) is 13.3. The molecule has 3 N–H and O–H groups in total. The highest BCUT2D eigenvalue weighted by atomic mass is 16.6. The number of aliphatic hydroxyl groups excluding tert-OH is 1. The molecule has 0 bridgehead atoms. The van der Waals surface area contributed by atoms with Crippen LogP contribution in [0.1, 0.15) is 31.4 Å². The van der Waals surface area contributed by atoms with Gasteiger partial charge in [0.15, 0.2) is 12.2 Å². The number of aliphatic hydroxyl groups is 1. The summed E-state index contributed by atoms with van der Waals surface area (Å²) >= 11 is 0. The zero-order valence-corrected chi connectivity index (χ0v) is 20.5. The first-order chi connectivity index (χ1) is 17.7. The van der Waals surface area contributed by atoms with Crippen LogP contribution in [0.3, 0.4) is 0 Å². The summed E-state index contributed by atoms with van der Waals surface area (Å²) in [6.45, 7) is 2.26. The van der Waals surface area contributed by atoms with Gasteiger partial charge in [-0.1, -0.05) is 60.7 Å². The minimum Gasteiger partial charge on any atom is -0.457 e. The van der Waals surface area contributed by atoms with Crippen molar-refractivity contribution in [1.82, 2.24) is 10.6 Å². The lowest BCUT2D eigenvalue weighted by atomic mass is 9.83. The van der Waals surface area contributed by atoms with E-state index in [0.29, 0.717) is 0 Å². The molecule has 0 spiro atoms. The van der Waals surface area contributed by atoms with Gasteiger partial charge < -0.3 is 34.7 Å². The number of nitrogens with one attached hydrogen (secondary N) is 2. The Morgan fingerprint density at radius 2 is 1.11 bits per heavy atom. The van der Waals surface area contributed by atoms with Crippen LogP contribution in [0.4, 0.5) is 9.59 Å². The molecule has 0 aliphatic heterocycles. The van der Waals surface area contributed by atoms with Crippen molar-refractivity contribution >= 4 is 24.1 Å². The van der Waals surface area contributed by atoms with Gasteiger partial charge in [-0.05, 0) is 17.5 Å². The molecule has 198 valence electrons. The van der Waals surface area contributed by atoms with E-state index < -0.39 is 54.5 Å². The summed E-state index contributed by atoms with van der Waals surface area (Å²) in [4.78, 5) is 48.5. The van der Waals surface area contributed by atoms with Crippen LogP contribution in [0.15, 0.2) is 60.7 Å². The third kappa shape index (κ3) is 8.50. The van der Waals surface area contributed by atoms with Crippen LogP contribution in [-0.2, 0) is 41.8 Å². The molecular formula is C26H30N2O9. The van der Waals surface area contributed by atoms with Crippen molar-refractivity contribution in [2.75, 3.05) is 0 Å². The van der Waals surface area contributed by atoms with Crippen LogP contribution in [0.2, 0.25) is 0 Å². The van der Waals surface area contributed by atoms with Gasteiger partial charge in [-0.15, -0.1) is 0 Å². The van der Waals surface area contributed by atoms with E-state index in [0.717, 1.165) is 25.0 Å². The van der Waals surface area contributed by atoms with Gasteiger partial charge in [-0.3, -0.25) is 9.59 Å². The second-order valence-electron chi connectivity index (χ2n) is 8.50. The summed E-state index contributed by atoms with van der Waals surface area (Å²) in [5.41, 5.74) is 1.52. The minimum absolute atomic E-state index is 0.0102. The Balaban J connectivity index is 1.71. The molecule has 37 heavy (non-hydrogen) atoms. The Hall–Kier alpha value is -4.12. The van der Waals surface area contributed by atoms with E-state index in [1.807, 2.05) is 12.1 Å². The van der Waals surface area contributed by atoms with Crippen molar-refractivity contribution in [2.45, 2.75) is 63.9 Å². The topological polar surface area (TPSA) is 149 Å². The van der Waals surface area contributed by atoms with E-state index in [1.165, 1.54) is 0 Å². The largest absolute Gasteiger partial charge is 0.457 e. The third-order valence-corrected chi connectivity index (χ3v) is 5.61. The van der Waals surface area contributed by atoms with Crippen LogP contribution in [0.5, 0.6) is 0 Å². The van der Waals surface area contributed by atoms with Gasteiger partial charge in [0.05, 0.1) is 12.1 Å². The molecule has 1 unspecified atom stereocenters. The quantitative estimate of drug-likeness (QED) is 0.356. The standard InChI is InChI=1S/C26H30N2O9/c1-16(29)36-23-20(27-25(32)34-14-18-9-5-3-6-10-18)13-21(24(22(23)31)37-17(2)30)28-26(33)35-15-19-11-7-4-8-12-19/h3-12,20-24,31H,13-15H2,1-2H3,(H,27,32)(H,28,33)/t20-,21+,22?,23+,24-. The van der Waals surface area contributed by atoms with Gasteiger partial charge in [0.1, 0.15) is 19.3 Å². The molecule has 2 aromatic carbocycles. The van der Waals surface area contributed by atoms with E-state index in [9.17, 15) is 24.3 Å². The number of benzene rings is 2. The van der Waals surface area contributed by atoms with Crippen LogP contribution in [-0.4, -0.2) is 59.6 Å². The SMILES string of the molecule is CC(=O)O[C@@H]1C(O)[C@H](OC(C)=O)[C@@H](NC(=O)OCc2ccccc2)C[C@H]1NC(=O)OCc1ccccc1. The average molecular weight is 515 g/mol. The van der Waals surface area contributed by atoms with E-state index in [1.54, 1.807) is 48.5 Å². The van der Waals surface area contributed by atoms with Crippen molar-refractivity contribution < 1.29 is 43.2 Å². The normalized spacial score (nSPS) is 22.7. The molecular weight excluding hydrogens is 484 g/mol. The summed E-state index contributed by atoms with van der Waals surface area (Å²) in [5.74, 6) is -1.44. The molecule has 2 amide bonds. The van der Waals surface area contributed by atoms with Gasteiger partial charge in [0, 0.05) is 13.8 Å². The fourth-order valence-corrected chi connectivity index (χ4v) is 4.01. The highest BCUT2D eigenvalue weighted by Crippen LogP contribution is 2.26. The Labute approximate surface area is 214 Å². The lowest BCUT2D eigenvalue weighted by molar-refractivity contribution is -0.181. The van der Waals surface area contributed by atoms with Gasteiger partial charge in [-0.2, -0.15) is 0 Å². The summed E-state index contributed by atoms with van der Waals surface area (Å²) in [6.07, 6.45) is -5.83. The summed E-state index contributed by atoms with van der Waals surface area (Å²) < 4.78 is 21.0. The third-order valence-electron chi connectivity index (χ3n) is 5.61. The number of alkyl carbamates (subject to hydrolysis) is 2. The van der Waals surface area contributed by atoms with Crippen molar-refractivity contribution in [2.24, 2.45) is 0 Å². The maximum Gasteiger partial charge on any atom is 0.407 e. The number of esters is 2. The predicted molar refractivity (Wildman–Crippen MR) is 129 cm³/mol. The van der Waals surface area contributed by atoms with Crippen LogP contribution in [0.25, 0.3) is 0 Å². The molecule has 0 heterocycles. The highest BCUT2D eigenvalue weighted by Gasteiger charge is 2.49. The molecule has 5 atom stereocenters. The van der Waals surface area contributed by atoms with Gasteiger partial charge in [0.25, 0.3) is 0 Å². The second-order valence-corrected chi connectivity index (χ2v) is 8.50. The zero-order chi connectivity index (χ0) is 26.8. The minimum atomic E-state index is -1.57. The zero-order valence-electron chi connectivity index (χ0n) is 20.5. The highest BCUT2D eigenvalue weighted by molar-refractivity contribution is 5.70. The number of hydrogen-bond donors (Lipinski definition) is 3. The van der Waals surface area contributed by atoms with Gasteiger partial charge >= 0.3 is 24.1 Å². The number of amides is 2. The molecule has 0 saturated heterocycles. The van der Waals surface area contributed by atoms with Crippen LogP contribution in [0, 0.1) is 0 Å². The average Bonchev–Trinajstić information content (AvgIpc) is 2.87. The monoisotopic (exact) mass is 514 g/mol. The molecule has 1 aliphatic carbocycles. The van der Waals surface area contributed by atoms with Crippen LogP contribution < -0.4 is 10.6 Å². The van der Waals surface area contributed by atoms with Crippen molar-refractivity contribution in [3.05, 3.63) is 71.8 Å². The maximum absolute atomic E-state index is 12.5. The van der Waals surface area contributed by atoms with Crippen molar-refractivity contribution in [1.29, 1.82) is 0 Å². The summed E-state index contributed by atoms with van der Waals surface area (Å²) in [6, 6.07) is 16.0. The van der Waals surface area contributed by atoms with Gasteiger partial charge in [0.2, 0.25) is 0 Å². The molecule has 1 fully saturated rings. The lowest BCUT2D eigenvalue weighted by Gasteiger charge is -2.43. The van der Waals surface area contributed by atoms with Crippen molar-refractivity contribution in [3.8, 4) is 0 Å². The van der Waals surface area contributed by atoms with E-state index in [4.69, 9.17) is 18.9 Å². The molecule has 2 aromatic rings. The smallest absolute Gasteiger partial charge is 0.407 e. The molecule has 1 aliphatic rings. The van der Waals surface area contributed by atoms with Gasteiger partial charge in [-0.25, -0.2) is 9.59 Å². The van der Waals surface area contributed by atoms with E-state index in [-0.39, 0.29) is 19.6 Å². The maximum atomic E-state index is 12.5. The Morgan fingerprint density at radius 3 is 1.46 bits per heavy atom. The van der Waals surface area contributed by atoms with E-state index in [2.05, 4.69) is 10.6 Å². The molecule has 11 nitrogen and oxygen atoms in total. The molecule has 0 aromatic heterocycles. The Bertz CT molecular complexity index is 981. The molecule has 11 heteroatoms. The Kier molecular flexibility index (Phi) is 9.84. The number of carbonyl (C=O) groups is 4. The first kappa shape index (κ1) is 27.5. The first-order valence-electron chi connectivity index (χ1n) is 11.7. The van der Waals surface area contributed by atoms with Crippen LogP contribution >= 0.6 is 0 Å². The number of rotatable bonds is 8. The Morgan fingerprint density at radius 1 is 0.730 bits per heavy atom.